The summed E-state index contributed by atoms with van der Waals surface area (Å²) >= 11 is 0. The lowest BCUT2D eigenvalue weighted by atomic mass is 10.0. The van der Waals surface area contributed by atoms with Gasteiger partial charge in [-0.25, -0.2) is 0 Å². The molecule has 0 saturated carbocycles. The minimum absolute atomic E-state index is 0.0503. The second-order valence-electron chi connectivity index (χ2n) is 3.89. The highest BCUT2D eigenvalue weighted by molar-refractivity contribution is 5.60. The molecular weight excluding hydrogens is 216 g/mol. The fourth-order valence-corrected chi connectivity index (χ4v) is 1.71. The van der Waals surface area contributed by atoms with Gasteiger partial charge in [0, 0.05) is 17.5 Å². The van der Waals surface area contributed by atoms with E-state index in [-0.39, 0.29) is 11.5 Å². The van der Waals surface area contributed by atoms with Crippen molar-refractivity contribution in [3.63, 3.8) is 0 Å². The van der Waals surface area contributed by atoms with Crippen molar-refractivity contribution in [2.75, 3.05) is 11.5 Å². The molecule has 0 heterocycles. The van der Waals surface area contributed by atoms with Crippen molar-refractivity contribution in [3.05, 3.63) is 47.5 Å². The molecule has 4 nitrogen and oxygen atoms in total. The second kappa shape index (κ2) is 4.25. The predicted octanol–water partition coefficient (Wildman–Crippen LogP) is 1.85. The summed E-state index contributed by atoms with van der Waals surface area (Å²) in [4.78, 5) is 0. The van der Waals surface area contributed by atoms with Gasteiger partial charge in [0.2, 0.25) is 0 Å². The van der Waals surface area contributed by atoms with Gasteiger partial charge in [-0.3, -0.25) is 0 Å². The second-order valence-corrected chi connectivity index (χ2v) is 3.89. The third-order valence-electron chi connectivity index (χ3n) is 2.68. The molecule has 0 unspecified atom stereocenters. The molecule has 6 N–H and O–H groups in total. The molecule has 0 saturated heterocycles. The number of rotatable bonds is 2. The van der Waals surface area contributed by atoms with Gasteiger partial charge in [0.15, 0.2) is 0 Å². The van der Waals surface area contributed by atoms with Crippen LogP contribution in [0.5, 0.6) is 11.5 Å². The van der Waals surface area contributed by atoms with Gasteiger partial charge in [0.25, 0.3) is 0 Å². The molecular formula is C13H14N2O2. The number of benzene rings is 2. The van der Waals surface area contributed by atoms with Crippen molar-refractivity contribution >= 4 is 11.4 Å². The summed E-state index contributed by atoms with van der Waals surface area (Å²) in [7, 11) is 0. The van der Waals surface area contributed by atoms with Crippen LogP contribution in [-0.2, 0) is 6.42 Å². The predicted molar refractivity (Wildman–Crippen MR) is 67.8 cm³/mol. The van der Waals surface area contributed by atoms with Crippen LogP contribution in [0.2, 0.25) is 0 Å². The molecule has 2 aromatic carbocycles. The monoisotopic (exact) mass is 230 g/mol. The standard InChI is InChI=1S/C13H14N2O2/c14-10-5-1-3-8(12(10)16)7-9-4-2-6-11(15)13(9)17/h1-6,16-17H,7,14-15H2. The number of nitrogen functional groups attached to an aromatic ring is 2. The van der Waals surface area contributed by atoms with Gasteiger partial charge in [-0.2, -0.15) is 0 Å². The molecule has 0 aliphatic rings. The summed E-state index contributed by atoms with van der Waals surface area (Å²) in [6.07, 6.45) is 0.383. The lowest BCUT2D eigenvalue weighted by Gasteiger charge is -2.09. The van der Waals surface area contributed by atoms with Crippen LogP contribution >= 0.6 is 0 Å². The van der Waals surface area contributed by atoms with Crippen molar-refractivity contribution in [1.29, 1.82) is 0 Å². The van der Waals surface area contributed by atoms with Crippen molar-refractivity contribution in [2.24, 2.45) is 0 Å². The zero-order chi connectivity index (χ0) is 12.4. The van der Waals surface area contributed by atoms with E-state index in [4.69, 9.17) is 11.5 Å². The first kappa shape index (κ1) is 11.1. The van der Waals surface area contributed by atoms with E-state index in [1.807, 2.05) is 0 Å². The van der Waals surface area contributed by atoms with E-state index in [0.717, 1.165) is 0 Å². The third-order valence-corrected chi connectivity index (χ3v) is 2.68. The highest BCUT2D eigenvalue weighted by atomic mass is 16.3. The molecule has 0 fully saturated rings. The average molecular weight is 230 g/mol. The quantitative estimate of drug-likeness (QED) is 0.468. The third kappa shape index (κ3) is 2.10. The Morgan fingerprint density at radius 2 is 1.18 bits per heavy atom. The molecule has 88 valence electrons. The molecule has 0 amide bonds. The zero-order valence-electron chi connectivity index (χ0n) is 9.22. The molecule has 0 spiro atoms. The van der Waals surface area contributed by atoms with Crippen LogP contribution < -0.4 is 11.5 Å². The Kier molecular flexibility index (Phi) is 2.78. The molecule has 2 aromatic rings. The first-order valence-corrected chi connectivity index (χ1v) is 5.22. The van der Waals surface area contributed by atoms with E-state index in [0.29, 0.717) is 28.9 Å². The average Bonchev–Trinajstić information content (AvgIpc) is 2.31. The number of phenols is 2. The van der Waals surface area contributed by atoms with Crippen LogP contribution in [0.15, 0.2) is 36.4 Å². The van der Waals surface area contributed by atoms with Crippen LogP contribution in [0, 0.1) is 0 Å². The lowest BCUT2D eigenvalue weighted by Crippen LogP contribution is -1.95. The van der Waals surface area contributed by atoms with Gasteiger partial charge in [-0.05, 0) is 12.1 Å². The molecule has 0 bridgehead atoms. The van der Waals surface area contributed by atoms with Crippen LogP contribution in [0.25, 0.3) is 0 Å². The minimum Gasteiger partial charge on any atom is -0.505 e. The summed E-state index contributed by atoms with van der Waals surface area (Å²) < 4.78 is 0. The number of aromatic hydroxyl groups is 2. The molecule has 2 rings (SSSR count). The van der Waals surface area contributed by atoms with Crippen molar-refractivity contribution in [3.8, 4) is 11.5 Å². The van der Waals surface area contributed by atoms with Crippen molar-refractivity contribution in [1.82, 2.24) is 0 Å². The summed E-state index contributed by atoms with van der Waals surface area (Å²) in [5, 5.41) is 19.6. The van der Waals surface area contributed by atoms with E-state index in [9.17, 15) is 10.2 Å². The Bertz CT molecular complexity index is 504. The number of phenolic OH excluding ortho intramolecular Hbond substituents is 2. The fourth-order valence-electron chi connectivity index (χ4n) is 1.71. The molecule has 0 radical (unpaired) electrons. The summed E-state index contributed by atoms with van der Waals surface area (Å²) in [6, 6.07) is 10.3. The Morgan fingerprint density at radius 1 is 0.765 bits per heavy atom. The van der Waals surface area contributed by atoms with E-state index in [2.05, 4.69) is 0 Å². The molecule has 0 aromatic heterocycles. The molecule has 0 atom stereocenters. The maximum absolute atomic E-state index is 9.78. The van der Waals surface area contributed by atoms with Crippen LogP contribution in [0.4, 0.5) is 11.4 Å². The maximum Gasteiger partial charge on any atom is 0.141 e. The Morgan fingerprint density at radius 3 is 1.59 bits per heavy atom. The number of anilines is 2. The molecule has 4 heteroatoms. The van der Waals surface area contributed by atoms with Gasteiger partial charge >= 0.3 is 0 Å². The fraction of sp³-hybridized carbons (Fsp3) is 0.0769. The van der Waals surface area contributed by atoms with Gasteiger partial charge in [0.05, 0.1) is 11.4 Å². The number of para-hydroxylation sites is 2. The summed E-state index contributed by atoms with van der Waals surface area (Å²) in [5.41, 5.74) is 13.2. The Labute approximate surface area is 99.1 Å². The SMILES string of the molecule is Nc1cccc(Cc2cccc(N)c2O)c1O. The molecule has 17 heavy (non-hydrogen) atoms. The Hall–Kier alpha value is -2.36. The van der Waals surface area contributed by atoms with Crippen molar-refractivity contribution in [2.45, 2.75) is 6.42 Å². The first-order valence-electron chi connectivity index (χ1n) is 5.22. The lowest BCUT2D eigenvalue weighted by molar-refractivity contribution is 0.465. The zero-order valence-corrected chi connectivity index (χ0v) is 9.22. The largest absolute Gasteiger partial charge is 0.505 e. The van der Waals surface area contributed by atoms with Crippen molar-refractivity contribution < 1.29 is 10.2 Å². The van der Waals surface area contributed by atoms with E-state index in [1.165, 1.54) is 0 Å². The smallest absolute Gasteiger partial charge is 0.141 e. The van der Waals surface area contributed by atoms with Gasteiger partial charge in [-0.1, -0.05) is 24.3 Å². The normalized spacial score (nSPS) is 10.4. The highest BCUT2D eigenvalue weighted by Gasteiger charge is 2.09. The van der Waals surface area contributed by atoms with Gasteiger partial charge < -0.3 is 21.7 Å². The number of nitrogens with two attached hydrogens (primary N) is 2. The summed E-state index contributed by atoms with van der Waals surface area (Å²) in [5.74, 6) is 0.101. The number of hydrogen-bond donors (Lipinski definition) is 4. The van der Waals surface area contributed by atoms with Gasteiger partial charge in [-0.15, -0.1) is 0 Å². The summed E-state index contributed by atoms with van der Waals surface area (Å²) in [6.45, 7) is 0. The van der Waals surface area contributed by atoms with Crippen LogP contribution in [0.1, 0.15) is 11.1 Å². The highest BCUT2D eigenvalue weighted by Crippen LogP contribution is 2.31. The minimum atomic E-state index is 0.0503. The first-order chi connectivity index (χ1) is 8.09. The maximum atomic E-state index is 9.78. The molecule has 0 aliphatic carbocycles. The molecule has 0 aliphatic heterocycles. The topological polar surface area (TPSA) is 92.5 Å². The van der Waals surface area contributed by atoms with Gasteiger partial charge in [0.1, 0.15) is 11.5 Å². The van der Waals surface area contributed by atoms with E-state index >= 15 is 0 Å². The number of hydrogen-bond acceptors (Lipinski definition) is 4. The van der Waals surface area contributed by atoms with Crippen LogP contribution in [-0.4, -0.2) is 10.2 Å². The van der Waals surface area contributed by atoms with E-state index < -0.39 is 0 Å². The Balaban J connectivity index is 2.38. The van der Waals surface area contributed by atoms with E-state index in [1.54, 1.807) is 36.4 Å². The van der Waals surface area contributed by atoms with Crippen LogP contribution in [0.3, 0.4) is 0 Å².